The van der Waals surface area contributed by atoms with Gasteiger partial charge in [0.2, 0.25) is 15.9 Å². The molecule has 15 heteroatoms. The van der Waals surface area contributed by atoms with Gasteiger partial charge < -0.3 is 35.5 Å². The lowest BCUT2D eigenvalue weighted by Gasteiger charge is -2.25. The number of unbranched alkanes of at least 4 members (excludes halogenated alkanes) is 1. The van der Waals surface area contributed by atoms with Gasteiger partial charge in [0.15, 0.2) is 0 Å². The molecule has 3 atom stereocenters. The highest BCUT2D eigenvalue weighted by Gasteiger charge is 2.42. The Labute approximate surface area is 286 Å². The fraction of sp³-hybridized carbons (Fsp3) is 0.545. The number of fused-ring (bicyclic) bond motifs is 2. The number of aliphatic hydroxyl groups excluding tert-OH is 1. The van der Waals surface area contributed by atoms with Gasteiger partial charge in [-0.1, -0.05) is 36.8 Å². The standard InChI is InChI=1S/C18H33N3O4S.C15H15N3O3S/c1-4-24-12-25-18(2,3)9-10-19-15(22)8-6-5-7-14-16-13(11-26-14)20-17(23)21-16;19-9-8-16-22(20,21)12-6-7-13-14(10-12)18-15(17-13)11-4-2-1-3-5-11/h13-14,16H,4-12H2,1-3H3,(H,19,22)(H2,20,21,23);1-7,10,16,19H,8-9H2,(H,17,18)/t13?,14-,16?;/m0./s1. The number of amides is 3. The van der Waals surface area contributed by atoms with Gasteiger partial charge in [0, 0.05) is 42.7 Å². The molecule has 3 aromatic rings. The fourth-order valence-corrected chi connectivity index (χ4v) is 7.96. The van der Waals surface area contributed by atoms with Crippen molar-refractivity contribution in [3.63, 3.8) is 0 Å². The number of thioether (sulfide) groups is 1. The fourth-order valence-electron chi connectivity index (χ4n) is 5.37. The summed E-state index contributed by atoms with van der Waals surface area (Å²) in [5.41, 5.74) is 1.96. The highest BCUT2D eigenvalue weighted by Crippen LogP contribution is 2.33. The number of hydrogen-bond acceptors (Lipinski definition) is 9. The second-order valence-electron chi connectivity index (χ2n) is 12.2. The summed E-state index contributed by atoms with van der Waals surface area (Å²) in [4.78, 5) is 31.0. The molecule has 0 bridgehead atoms. The van der Waals surface area contributed by atoms with Crippen molar-refractivity contribution in [2.24, 2.45) is 0 Å². The number of aliphatic hydroxyl groups is 1. The van der Waals surface area contributed by atoms with Crippen LogP contribution in [0.5, 0.6) is 0 Å². The molecule has 0 spiro atoms. The van der Waals surface area contributed by atoms with E-state index in [1.807, 2.05) is 62.9 Å². The number of carbonyl (C=O) groups excluding carboxylic acids is 2. The van der Waals surface area contributed by atoms with Crippen LogP contribution in [0.25, 0.3) is 22.4 Å². The predicted octanol–water partition coefficient (Wildman–Crippen LogP) is 3.51. The molecule has 48 heavy (non-hydrogen) atoms. The summed E-state index contributed by atoms with van der Waals surface area (Å²) in [6.45, 7) is 7.20. The van der Waals surface area contributed by atoms with E-state index in [1.165, 1.54) is 12.1 Å². The molecule has 0 radical (unpaired) electrons. The van der Waals surface area contributed by atoms with Crippen molar-refractivity contribution in [3.8, 4) is 11.4 Å². The van der Waals surface area contributed by atoms with Crippen LogP contribution in [-0.2, 0) is 24.3 Å². The van der Waals surface area contributed by atoms with E-state index in [9.17, 15) is 18.0 Å². The minimum absolute atomic E-state index is 0.0153. The van der Waals surface area contributed by atoms with Crippen LogP contribution in [0.4, 0.5) is 4.79 Å². The SMILES string of the molecule is CCOCOC(C)(C)CCNC(=O)CCCC[C@@H]1SCC2NC(=O)NC21.O=S(=O)(NCCO)c1ccc2nc(-c3ccccc3)[nH]c2c1. The van der Waals surface area contributed by atoms with Gasteiger partial charge in [-0.05, 0) is 58.2 Å². The van der Waals surface area contributed by atoms with Crippen LogP contribution in [-0.4, -0.2) is 97.2 Å². The maximum absolute atomic E-state index is 12.1. The average Bonchev–Trinajstić information content (AvgIpc) is 3.77. The highest BCUT2D eigenvalue weighted by molar-refractivity contribution is 8.00. The Morgan fingerprint density at radius 3 is 2.67 bits per heavy atom. The molecule has 5 rings (SSSR count). The summed E-state index contributed by atoms with van der Waals surface area (Å²) in [6, 6.07) is 14.8. The lowest BCUT2D eigenvalue weighted by Crippen LogP contribution is -2.36. The van der Waals surface area contributed by atoms with Crippen molar-refractivity contribution in [1.29, 1.82) is 0 Å². The maximum Gasteiger partial charge on any atom is 0.315 e. The Hall–Kier alpha value is -3.21. The number of sulfonamides is 1. The first kappa shape index (κ1) is 37.6. The molecule has 2 fully saturated rings. The zero-order valence-corrected chi connectivity index (χ0v) is 29.4. The minimum atomic E-state index is -3.63. The monoisotopic (exact) mass is 704 g/mol. The lowest BCUT2D eigenvalue weighted by atomic mass is 10.0. The third-order valence-electron chi connectivity index (χ3n) is 8.08. The lowest BCUT2D eigenvalue weighted by molar-refractivity contribution is -0.129. The van der Waals surface area contributed by atoms with Crippen LogP contribution < -0.4 is 20.7 Å². The highest BCUT2D eigenvalue weighted by atomic mass is 32.2. The second kappa shape index (κ2) is 18.0. The van der Waals surface area contributed by atoms with E-state index in [4.69, 9.17) is 14.6 Å². The number of nitrogens with zero attached hydrogens (tertiary/aromatic N) is 1. The molecule has 13 nitrogen and oxygen atoms in total. The van der Waals surface area contributed by atoms with Crippen molar-refractivity contribution in [3.05, 3.63) is 48.5 Å². The molecule has 6 N–H and O–H groups in total. The minimum Gasteiger partial charge on any atom is -0.395 e. The van der Waals surface area contributed by atoms with Crippen molar-refractivity contribution in [2.45, 2.75) is 80.7 Å². The van der Waals surface area contributed by atoms with Crippen LogP contribution >= 0.6 is 11.8 Å². The van der Waals surface area contributed by atoms with Crippen LogP contribution in [0.3, 0.4) is 0 Å². The average molecular weight is 705 g/mol. The van der Waals surface area contributed by atoms with Gasteiger partial charge in [-0.3, -0.25) is 4.79 Å². The number of nitrogens with one attached hydrogen (secondary N) is 5. The van der Waals surface area contributed by atoms with Gasteiger partial charge >= 0.3 is 6.03 Å². The number of carbonyl (C=O) groups is 2. The van der Waals surface area contributed by atoms with E-state index in [1.54, 1.807) is 6.07 Å². The molecule has 0 aliphatic carbocycles. The first-order chi connectivity index (χ1) is 23.0. The first-order valence-corrected chi connectivity index (χ1v) is 18.9. The molecule has 2 aliphatic heterocycles. The number of imidazole rings is 1. The van der Waals surface area contributed by atoms with Gasteiger partial charge in [-0.25, -0.2) is 22.9 Å². The van der Waals surface area contributed by atoms with E-state index in [2.05, 4.69) is 30.6 Å². The molecule has 2 aliphatic rings. The van der Waals surface area contributed by atoms with Crippen molar-refractivity contribution in [1.82, 2.24) is 30.6 Å². The topological polar surface area (TPSA) is 184 Å². The Kier molecular flexibility index (Phi) is 14.1. The smallest absolute Gasteiger partial charge is 0.315 e. The number of benzene rings is 2. The third kappa shape index (κ3) is 11.2. The zero-order chi connectivity index (χ0) is 34.6. The molecule has 0 saturated carbocycles. The van der Waals surface area contributed by atoms with E-state index < -0.39 is 10.0 Å². The normalized spacial score (nSPS) is 18.9. The summed E-state index contributed by atoms with van der Waals surface area (Å²) in [7, 11) is -3.63. The number of urea groups is 1. The summed E-state index contributed by atoms with van der Waals surface area (Å²) in [5, 5.41) is 18.1. The van der Waals surface area contributed by atoms with Crippen LogP contribution in [0, 0.1) is 0 Å². The Balaban J connectivity index is 0.000000219. The Morgan fingerprint density at radius 1 is 1.12 bits per heavy atom. The molecule has 3 amide bonds. The van der Waals surface area contributed by atoms with E-state index in [-0.39, 0.29) is 54.5 Å². The molecule has 2 saturated heterocycles. The van der Waals surface area contributed by atoms with Crippen molar-refractivity contribution < 1.29 is 32.6 Å². The summed E-state index contributed by atoms with van der Waals surface area (Å²) >= 11 is 1.92. The van der Waals surface area contributed by atoms with E-state index in [0.29, 0.717) is 41.7 Å². The largest absolute Gasteiger partial charge is 0.395 e. The molecule has 264 valence electrons. The number of H-pyrrole nitrogens is 1. The van der Waals surface area contributed by atoms with Crippen LogP contribution in [0.1, 0.15) is 52.9 Å². The predicted molar refractivity (Wildman–Crippen MR) is 187 cm³/mol. The number of rotatable bonds is 17. The second-order valence-corrected chi connectivity index (χ2v) is 15.3. The first-order valence-electron chi connectivity index (χ1n) is 16.3. The summed E-state index contributed by atoms with van der Waals surface area (Å²) < 4.78 is 37.3. The maximum atomic E-state index is 12.1. The van der Waals surface area contributed by atoms with Gasteiger partial charge in [-0.15, -0.1) is 0 Å². The zero-order valence-electron chi connectivity index (χ0n) is 27.8. The van der Waals surface area contributed by atoms with Crippen molar-refractivity contribution in [2.75, 3.05) is 38.8 Å². The van der Waals surface area contributed by atoms with Crippen LogP contribution in [0.15, 0.2) is 53.4 Å². The van der Waals surface area contributed by atoms with Gasteiger partial charge in [0.25, 0.3) is 0 Å². The van der Waals surface area contributed by atoms with Gasteiger partial charge in [0.05, 0.1) is 40.2 Å². The summed E-state index contributed by atoms with van der Waals surface area (Å²) in [6.07, 6.45) is 4.23. The summed E-state index contributed by atoms with van der Waals surface area (Å²) in [5.74, 6) is 1.77. The quantitative estimate of drug-likeness (QED) is 0.0696. The van der Waals surface area contributed by atoms with E-state index >= 15 is 0 Å². The third-order valence-corrected chi connectivity index (χ3v) is 11.0. The van der Waals surface area contributed by atoms with Gasteiger partial charge in [-0.2, -0.15) is 11.8 Å². The molecule has 2 unspecified atom stereocenters. The number of aromatic nitrogens is 2. The molecular formula is C33H48N6O7S2. The number of hydrogen-bond donors (Lipinski definition) is 6. The van der Waals surface area contributed by atoms with E-state index in [0.717, 1.165) is 37.0 Å². The number of ether oxygens (including phenoxy) is 2. The van der Waals surface area contributed by atoms with Crippen molar-refractivity contribution >= 4 is 44.8 Å². The number of aromatic amines is 1. The Bertz CT molecular complexity index is 1590. The molecule has 3 heterocycles. The molecule has 1 aromatic heterocycles. The van der Waals surface area contributed by atoms with Gasteiger partial charge in [0.1, 0.15) is 12.6 Å². The van der Waals surface area contributed by atoms with Crippen LogP contribution in [0.2, 0.25) is 0 Å². The molecule has 2 aromatic carbocycles. The molecular weight excluding hydrogens is 657 g/mol. The Morgan fingerprint density at radius 2 is 1.92 bits per heavy atom.